The summed E-state index contributed by atoms with van der Waals surface area (Å²) in [6.45, 7) is 1.95. The Hall–Kier alpha value is -1.55. The summed E-state index contributed by atoms with van der Waals surface area (Å²) in [7, 11) is 0. The van der Waals surface area contributed by atoms with Crippen molar-refractivity contribution in [2.75, 3.05) is 6.61 Å². The summed E-state index contributed by atoms with van der Waals surface area (Å²) in [5, 5.41) is 17.6. The molecule has 0 fully saturated rings. The third-order valence-electron chi connectivity index (χ3n) is 2.47. The Morgan fingerprint density at radius 1 is 1.35 bits per heavy atom. The molecule has 0 aliphatic rings. The van der Waals surface area contributed by atoms with Crippen LogP contribution in [0.15, 0.2) is 24.3 Å². The molecule has 1 atom stereocenters. The standard InChI is InChI=1S/C13H18O4/c1-2-12(13(15)16)17-11-7-5-10(6-8-11)4-3-9-14/h5-8,12,14H,2-4,9H2,1H3,(H,15,16). The van der Waals surface area contributed by atoms with E-state index < -0.39 is 12.1 Å². The van der Waals surface area contributed by atoms with Crippen LogP contribution in [0.3, 0.4) is 0 Å². The van der Waals surface area contributed by atoms with Gasteiger partial charge in [0.15, 0.2) is 6.10 Å². The van der Waals surface area contributed by atoms with Gasteiger partial charge in [-0.1, -0.05) is 19.1 Å². The molecule has 94 valence electrons. The van der Waals surface area contributed by atoms with E-state index in [1.165, 1.54) is 0 Å². The van der Waals surface area contributed by atoms with Crippen LogP contribution in [0.1, 0.15) is 25.3 Å². The molecule has 0 amide bonds. The lowest BCUT2D eigenvalue weighted by Gasteiger charge is -2.13. The van der Waals surface area contributed by atoms with Crippen LogP contribution in [-0.4, -0.2) is 28.9 Å². The second-order valence-electron chi connectivity index (χ2n) is 3.82. The molecular formula is C13H18O4. The first-order valence-corrected chi connectivity index (χ1v) is 5.76. The van der Waals surface area contributed by atoms with Crippen molar-refractivity contribution in [2.45, 2.75) is 32.3 Å². The average molecular weight is 238 g/mol. The molecule has 1 rings (SSSR count). The second kappa shape index (κ2) is 6.91. The van der Waals surface area contributed by atoms with Gasteiger partial charge < -0.3 is 14.9 Å². The summed E-state index contributed by atoms with van der Waals surface area (Å²) >= 11 is 0. The average Bonchev–Trinajstić information content (AvgIpc) is 2.34. The molecule has 0 saturated heterocycles. The molecule has 4 heteroatoms. The van der Waals surface area contributed by atoms with Gasteiger partial charge in [0, 0.05) is 6.61 Å². The second-order valence-corrected chi connectivity index (χ2v) is 3.82. The van der Waals surface area contributed by atoms with E-state index in [0.29, 0.717) is 12.2 Å². The predicted molar refractivity (Wildman–Crippen MR) is 64.2 cm³/mol. The number of hydrogen-bond donors (Lipinski definition) is 2. The summed E-state index contributed by atoms with van der Waals surface area (Å²) in [4.78, 5) is 10.8. The number of aryl methyl sites for hydroxylation is 1. The molecule has 0 aliphatic carbocycles. The monoisotopic (exact) mass is 238 g/mol. The van der Waals surface area contributed by atoms with E-state index in [4.69, 9.17) is 14.9 Å². The van der Waals surface area contributed by atoms with Gasteiger partial charge in [0.25, 0.3) is 0 Å². The summed E-state index contributed by atoms with van der Waals surface area (Å²) < 4.78 is 5.34. The molecule has 4 nitrogen and oxygen atoms in total. The van der Waals surface area contributed by atoms with Gasteiger partial charge in [-0.3, -0.25) is 0 Å². The minimum atomic E-state index is -0.947. The zero-order chi connectivity index (χ0) is 12.7. The van der Waals surface area contributed by atoms with E-state index in [0.717, 1.165) is 18.4 Å². The van der Waals surface area contributed by atoms with Crippen LogP contribution in [-0.2, 0) is 11.2 Å². The number of hydrogen-bond acceptors (Lipinski definition) is 3. The lowest BCUT2D eigenvalue weighted by atomic mass is 10.1. The van der Waals surface area contributed by atoms with Crippen LogP contribution in [0.4, 0.5) is 0 Å². The topological polar surface area (TPSA) is 66.8 Å². The number of carboxylic acids is 1. The number of ether oxygens (including phenoxy) is 1. The Bertz CT molecular complexity index is 345. The zero-order valence-corrected chi connectivity index (χ0v) is 9.93. The first-order valence-electron chi connectivity index (χ1n) is 5.76. The fraction of sp³-hybridized carbons (Fsp3) is 0.462. The van der Waals surface area contributed by atoms with E-state index in [1.807, 2.05) is 12.1 Å². The van der Waals surface area contributed by atoms with Crippen LogP contribution in [0.25, 0.3) is 0 Å². The van der Waals surface area contributed by atoms with Gasteiger partial charge in [-0.25, -0.2) is 4.79 Å². The highest BCUT2D eigenvalue weighted by Crippen LogP contribution is 2.16. The van der Waals surface area contributed by atoms with Crippen molar-refractivity contribution in [2.24, 2.45) is 0 Å². The molecule has 0 radical (unpaired) electrons. The maximum atomic E-state index is 10.8. The normalized spacial score (nSPS) is 12.1. The molecular weight excluding hydrogens is 220 g/mol. The maximum Gasteiger partial charge on any atom is 0.344 e. The van der Waals surface area contributed by atoms with Gasteiger partial charge in [-0.05, 0) is 37.0 Å². The molecule has 0 saturated carbocycles. The van der Waals surface area contributed by atoms with Gasteiger partial charge in [-0.15, -0.1) is 0 Å². The quantitative estimate of drug-likeness (QED) is 0.760. The number of carboxylic acid groups (broad SMARTS) is 1. The van der Waals surface area contributed by atoms with Gasteiger partial charge in [0.05, 0.1) is 0 Å². The van der Waals surface area contributed by atoms with E-state index in [-0.39, 0.29) is 6.61 Å². The summed E-state index contributed by atoms with van der Waals surface area (Å²) in [6, 6.07) is 7.30. The largest absolute Gasteiger partial charge is 0.479 e. The van der Waals surface area contributed by atoms with Crippen LogP contribution >= 0.6 is 0 Å². The first kappa shape index (κ1) is 13.5. The highest BCUT2D eigenvalue weighted by atomic mass is 16.5. The maximum absolute atomic E-state index is 10.8. The highest BCUT2D eigenvalue weighted by Gasteiger charge is 2.16. The molecule has 0 spiro atoms. The van der Waals surface area contributed by atoms with Crippen molar-refractivity contribution in [1.82, 2.24) is 0 Å². The van der Waals surface area contributed by atoms with Gasteiger partial charge in [0.2, 0.25) is 0 Å². The molecule has 0 aromatic heterocycles. The van der Waals surface area contributed by atoms with Crippen molar-refractivity contribution in [3.05, 3.63) is 29.8 Å². The number of carbonyl (C=O) groups is 1. The van der Waals surface area contributed by atoms with E-state index >= 15 is 0 Å². The Balaban J connectivity index is 2.58. The number of rotatable bonds is 7. The molecule has 1 aromatic rings. The Morgan fingerprint density at radius 3 is 2.47 bits per heavy atom. The lowest BCUT2D eigenvalue weighted by Crippen LogP contribution is -2.25. The minimum absolute atomic E-state index is 0.176. The highest BCUT2D eigenvalue weighted by molar-refractivity contribution is 5.72. The van der Waals surface area contributed by atoms with Crippen molar-refractivity contribution in [3.8, 4) is 5.75 Å². The molecule has 17 heavy (non-hydrogen) atoms. The van der Waals surface area contributed by atoms with E-state index in [1.54, 1.807) is 19.1 Å². The molecule has 1 unspecified atom stereocenters. The molecule has 0 bridgehead atoms. The van der Waals surface area contributed by atoms with Crippen molar-refractivity contribution >= 4 is 5.97 Å². The Labute approximate surface area is 101 Å². The smallest absolute Gasteiger partial charge is 0.344 e. The van der Waals surface area contributed by atoms with Gasteiger partial charge in [0.1, 0.15) is 5.75 Å². The van der Waals surface area contributed by atoms with Crippen molar-refractivity contribution in [3.63, 3.8) is 0 Å². The molecule has 0 aliphatic heterocycles. The molecule has 0 heterocycles. The fourth-order valence-electron chi connectivity index (χ4n) is 1.49. The molecule has 2 N–H and O–H groups in total. The van der Waals surface area contributed by atoms with Crippen molar-refractivity contribution in [1.29, 1.82) is 0 Å². The van der Waals surface area contributed by atoms with Crippen LogP contribution in [0, 0.1) is 0 Å². The number of aliphatic hydroxyl groups is 1. The molecule has 1 aromatic carbocycles. The number of benzene rings is 1. The van der Waals surface area contributed by atoms with E-state index in [9.17, 15) is 4.79 Å². The Morgan fingerprint density at radius 2 is 2.00 bits per heavy atom. The number of aliphatic carboxylic acids is 1. The summed E-state index contributed by atoms with van der Waals surface area (Å²) in [5.74, 6) is -0.385. The fourth-order valence-corrected chi connectivity index (χ4v) is 1.49. The number of aliphatic hydroxyl groups excluding tert-OH is 1. The van der Waals surface area contributed by atoms with E-state index in [2.05, 4.69) is 0 Å². The summed E-state index contributed by atoms with van der Waals surface area (Å²) in [5.41, 5.74) is 1.11. The SMILES string of the molecule is CCC(Oc1ccc(CCCO)cc1)C(=O)O. The lowest BCUT2D eigenvalue weighted by molar-refractivity contribution is -0.145. The third-order valence-corrected chi connectivity index (χ3v) is 2.47. The van der Waals surface area contributed by atoms with Gasteiger partial charge in [-0.2, -0.15) is 0 Å². The summed E-state index contributed by atoms with van der Waals surface area (Å²) in [6.07, 6.45) is 1.18. The Kier molecular flexibility index (Phi) is 5.49. The van der Waals surface area contributed by atoms with Crippen LogP contribution in [0.5, 0.6) is 5.75 Å². The van der Waals surface area contributed by atoms with Crippen LogP contribution in [0.2, 0.25) is 0 Å². The van der Waals surface area contributed by atoms with Gasteiger partial charge >= 0.3 is 5.97 Å². The first-order chi connectivity index (χ1) is 8.17. The minimum Gasteiger partial charge on any atom is -0.479 e. The van der Waals surface area contributed by atoms with Crippen LogP contribution < -0.4 is 4.74 Å². The predicted octanol–water partition coefficient (Wildman–Crippen LogP) is 1.85. The third kappa shape index (κ3) is 4.44. The zero-order valence-electron chi connectivity index (χ0n) is 9.93. The van der Waals surface area contributed by atoms with Crippen molar-refractivity contribution < 1.29 is 19.7 Å².